The van der Waals surface area contributed by atoms with Crippen LogP contribution in [-0.2, 0) is 6.54 Å². The average Bonchev–Trinajstić information content (AvgIpc) is 2.74. The van der Waals surface area contributed by atoms with E-state index in [1.807, 2.05) is 0 Å². The predicted octanol–water partition coefficient (Wildman–Crippen LogP) is 1.23. The molecule has 94 valence electrons. The molecule has 3 N–H and O–H groups in total. The van der Waals surface area contributed by atoms with Gasteiger partial charge in [0.1, 0.15) is 5.82 Å². The first-order valence-electron chi connectivity index (χ1n) is 5.06. The second kappa shape index (κ2) is 5.66. The number of halogens is 2. The van der Waals surface area contributed by atoms with Gasteiger partial charge in [0.25, 0.3) is 0 Å². The Balaban J connectivity index is 2.08. The maximum atomic E-state index is 13.2. The Bertz CT molecular complexity index is 552. The monoisotopic (exact) mass is 286 g/mol. The largest absolute Gasteiger partial charge is 0.491 e. The highest BCUT2D eigenvalue weighted by Crippen LogP contribution is 2.19. The number of aromatic nitrogens is 1. The van der Waals surface area contributed by atoms with E-state index in [2.05, 4.69) is 10.3 Å². The topological polar surface area (TPSA) is 65.4 Å². The van der Waals surface area contributed by atoms with Gasteiger partial charge in [0.05, 0.1) is 6.54 Å². The van der Waals surface area contributed by atoms with Gasteiger partial charge in [-0.05, 0) is 18.2 Å². The summed E-state index contributed by atoms with van der Waals surface area (Å²) in [5.41, 5.74) is 0.423. The predicted molar refractivity (Wildman–Crippen MR) is 70.7 cm³/mol. The van der Waals surface area contributed by atoms with Crippen LogP contribution < -0.4 is 10.8 Å². The molecule has 2 rings (SSSR count). The van der Waals surface area contributed by atoms with E-state index >= 15 is 0 Å². The lowest BCUT2D eigenvalue weighted by molar-refractivity contribution is 0.423. The van der Waals surface area contributed by atoms with Gasteiger partial charge in [-0.1, -0.05) is 11.6 Å². The third-order valence-electron chi connectivity index (χ3n) is 2.27. The van der Waals surface area contributed by atoms with Gasteiger partial charge in [-0.3, -0.25) is 0 Å². The van der Waals surface area contributed by atoms with Crippen LogP contribution in [-0.4, -0.2) is 22.2 Å². The van der Waals surface area contributed by atoms with E-state index in [1.165, 1.54) is 29.5 Å². The van der Waals surface area contributed by atoms with E-state index in [1.54, 1.807) is 6.20 Å². The Morgan fingerprint density at radius 2 is 2.22 bits per heavy atom. The normalized spacial score (nSPS) is 10.4. The molecule has 0 aliphatic carbocycles. The van der Waals surface area contributed by atoms with E-state index in [9.17, 15) is 4.39 Å². The van der Waals surface area contributed by atoms with Crippen LogP contribution in [0.5, 0.6) is 0 Å². The van der Waals surface area contributed by atoms with E-state index < -0.39 is 12.9 Å². The zero-order valence-corrected chi connectivity index (χ0v) is 10.7. The summed E-state index contributed by atoms with van der Waals surface area (Å²) >= 11 is 7.03. The zero-order chi connectivity index (χ0) is 13.1. The molecule has 0 saturated carbocycles. The average molecular weight is 287 g/mol. The molecule has 0 atom stereocenters. The number of rotatable bonds is 4. The Morgan fingerprint density at radius 3 is 2.83 bits per heavy atom. The smallest absolute Gasteiger partial charge is 0.423 e. The highest BCUT2D eigenvalue weighted by molar-refractivity contribution is 7.15. The van der Waals surface area contributed by atoms with Crippen LogP contribution in [0.15, 0.2) is 24.4 Å². The molecule has 1 heterocycles. The van der Waals surface area contributed by atoms with E-state index in [-0.39, 0.29) is 5.46 Å². The number of nitrogens with one attached hydrogen (secondary N) is 1. The molecule has 0 aliphatic rings. The SMILES string of the molecule is OB(O)c1cc(NCc2cnc(Cl)s2)ccc1F. The summed E-state index contributed by atoms with van der Waals surface area (Å²) in [5, 5.41) is 21.0. The fourth-order valence-electron chi connectivity index (χ4n) is 1.41. The number of hydrogen-bond acceptors (Lipinski definition) is 5. The van der Waals surface area contributed by atoms with Crippen molar-refractivity contribution in [3.05, 3.63) is 39.6 Å². The van der Waals surface area contributed by atoms with Crippen molar-refractivity contribution < 1.29 is 14.4 Å². The van der Waals surface area contributed by atoms with Crippen LogP contribution in [0.1, 0.15) is 4.88 Å². The number of benzene rings is 1. The lowest BCUT2D eigenvalue weighted by Crippen LogP contribution is -2.32. The molecule has 0 radical (unpaired) electrons. The summed E-state index contributed by atoms with van der Waals surface area (Å²) in [6.45, 7) is 0.483. The molecule has 2 aromatic rings. The molecular weight excluding hydrogens is 277 g/mol. The Hall–Kier alpha value is -1.15. The van der Waals surface area contributed by atoms with Crippen molar-refractivity contribution in [2.75, 3.05) is 5.32 Å². The van der Waals surface area contributed by atoms with Gasteiger partial charge in [0, 0.05) is 22.2 Å². The number of thiazole rings is 1. The van der Waals surface area contributed by atoms with Crippen LogP contribution in [0.25, 0.3) is 0 Å². The quantitative estimate of drug-likeness (QED) is 0.740. The fourth-order valence-corrected chi connectivity index (χ4v) is 2.32. The van der Waals surface area contributed by atoms with Gasteiger partial charge in [-0.15, -0.1) is 11.3 Å². The maximum absolute atomic E-state index is 13.2. The molecule has 0 bridgehead atoms. The number of nitrogens with zero attached hydrogens (tertiary/aromatic N) is 1. The first kappa shape index (κ1) is 13.3. The Morgan fingerprint density at radius 1 is 1.44 bits per heavy atom. The van der Waals surface area contributed by atoms with Gasteiger partial charge in [0.2, 0.25) is 0 Å². The minimum absolute atomic E-state index is 0.165. The molecule has 1 aromatic heterocycles. The van der Waals surface area contributed by atoms with Crippen LogP contribution in [0.3, 0.4) is 0 Å². The highest BCUT2D eigenvalue weighted by atomic mass is 35.5. The van der Waals surface area contributed by atoms with Crippen LogP contribution in [0, 0.1) is 5.82 Å². The second-order valence-electron chi connectivity index (χ2n) is 3.54. The molecule has 0 spiro atoms. The van der Waals surface area contributed by atoms with Crippen molar-refractivity contribution in [2.45, 2.75) is 6.54 Å². The Kier molecular flexibility index (Phi) is 4.18. The molecule has 0 amide bonds. The lowest BCUT2D eigenvalue weighted by atomic mass is 9.79. The molecule has 0 fully saturated rings. The first-order chi connectivity index (χ1) is 8.56. The minimum Gasteiger partial charge on any atom is -0.423 e. The minimum atomic E-state index is -1.83. The van der Waals surface area contributed by atoms with Gasteiger partial charge < -0.3 is 15.4 Å². The summed E-state index contributed by atoms with van der Waals surface area (Å²) in [6.07, 6.45) is 1.64. The summed E-state index contributed by atoms with van der Waals surface area (Å²) < 4.78 is 13.7. The first-order valence-corrected chi connectivity index (χ1v) is 6.25. The third-order valence-corrected chi connectivity index (χ3v) is 3.38. The highest BCUT2D eigenvalue weighted by Gasteiger charge is 2.16. The lowest BCUT2D eigenvalue weighted by Gasteiger charge is -2.07. The molecule has 8 heteroatoms. The molecular formula is C10H9BClFN2O2S. The van der Waals surface area contributed by atoms with Crippen molar-refractivity contribution >= 4 is 41.2 Å². The van der Waals surface area contributed by atoms with Gasteiger partial charge in [0.15, 0.2) is 4.47 Å². The van der Waals surface area contributed by atoms with Crippen molar-refractivity contribution in [3.8, 4) is 0 Å². The van der Waals surface area contributed by atoms with E-state index in [4.69, 9.17) is 21.6 Å². The van der Waals surface area contributed by atoms with Crippen LogP contribution in [0.2, 0.25) is 4.47 Å². The second-order valence-corrected chi connectivity index (χ2v) is 5.24. The Labute approximate surface area is 112 Å². The summed E-state index contributed by atoms with van der Waals surface area (Å²) in [7, 11) is -1.83. The van der Waals surface area contributed by atoms with E-state index in [0.717, 1.165) is 4.88 Å². The molecule has 0 saturated heterocycles. The molecule has 4 nitrogen and oxygen atoms in total. The fraction of sp³-hybridized carbons (Fsp3) is 0.100. The molecule has 18 heavy (non-hydrogen) atoms. The van der Waals surface area contributed by atoms with Crippen molar-refractivity contribution in [3.63, 3.8) is 0 Å². The number of hydrogen-bond donors (Lipinski definition) is 3. The number of anilines is 1. The third kappa shape index (κ3) is 3.20. The van der Waals surface area contributed by atoms with Gasteiger partial charge >= 0.3 is 7.12 Å². The zero-order valence-electron chi connectivity index (χ0n) is 9.10. The van der Waals surface area contributed by atoms with Gasteiger partial charge in [-0.2, -0.15) is 0 Å². The van der Waals surface area contributed by atoms with Crippen molar-refractivity contribution in [1.29, 1.82) is 0 Å². The maximum Gasteiger partial charge on any atom is 0.491 e. The molecule has 0 unspecified atom stereocenters. The van der Waals surface area contributed by atoms with Crippen LogP contribution >= 0.6 is 22.9 Å². The summed E-state index contributed by atoms with van der Waals surface area (Å²) in [6, 6.07) is 4.04. The van der Waals surface area contributed by atoms with Crippen LogP contribution in [0.4, 0.5) is 10.1 Å². The standard InChI is InChI=1S/C10H9BClFN2O2S/c12-10-15-5-7(18-10)4-14-6-1-2-9(13)8(3-6)11(16)17/h1-3,5,14,16-17H,4H2. The summed E-state index contributed by atoms with van der Waals surface area (Å²) in [5.74, 6) is -0.656. The molecule has 0 aliphatic heterocycles. The van der Waals surface area contributed by atoms with Gasteiger partial charge in [-0.25, -0.2) is 9.37 Å². The van der Waals surface area contributed by atoms with Crippen molar-refractivity contribution in [1.82, 2.24) is 4.98 Å². The summed E-state index contributed by atoms with van der Waals surface area (Å²) in [4.78, 5) is 4.82. The molecule has 1 aromatic carbocycles. The van der Waals surface area contributed by atoms with E-state index in [0.29, 0.717) is 16.7 Å². The van der Waals surface area contributed by atoms with Crippen molar-refractivity contribution in [2.24, 2.45) is 0 Å².